The zero-order chi connectivity index (χ0) is 21.6. The van der Waals surface area contributed by atoms with Gasteiger partial charge in [-0.15, -0.1) is 23.1 Å². The normalized spacial score (nSPS) is 11.6. The van der Waals surface area contributed by atoms with E-state index < -0.39 is 5.25 Å². The molecule has 0 aliphatic carbocycles. The summed E-state index contributed by atoms with van der Waals surface area (Å²) in [5, 5.41) is 5.02. The average Bonchev–Trinajstić information content (AvgIpc) is 3.27. The Bertz CT molecular complexity index is 1160. The van der Waals surface area contributed by atoms with Gasteiger partial charge in [-0.25, -0.2) is 4.98 Å². The number of rotatable bonds is 7. The van der Waals surface area contributed by atoms with Gasteiger partial charge >= 0.3 is 0 Å². The van der Waals surface area contributed by atoms with Crippen LogP contribution in [0.3, 0.4) is 0 Å². The van der Waals surface area contributed by atoms with Crippen LogP contribution in [-0.4, -0.2) is 18.0 Å². The number of thioether (sulfide) groups is 1. The summed E-state index contributed by atoms with van der Waals surface area (Å²) in [5.74, 6) is 0.612. The third-order valence-electron chi connectivity index (χ3n) is 4.59. The highest BCUT2D eigenvalue weighted by Crippen LogP contribution is 2.37. The van der Waals surface area contributed by atoms with Gasteiger partial charge in [0.1, 0.15) is 11.0 Å². The number of carbonyl (C=O) groups is 1. The predicted octanol–water partition coefficient (Wildman–Crippen LogP) is 5.87. The van der Waals surface area contributed by atoms with E-state index in [1.165, 1.54) is 23.1 Å². The van der Waals surface area contributed by atoms with Gasteiger partial charge in [-0.1, -0.05) is 42.5 Å². The summed E-state index contributed by atoms with van der Waals surface area (Å²) in [6.45, 7) is 0. The van der Waals surface area contributed by atoms with Crippen LogP contribution in [0.25, 0.3) is 11.3 Å². The van der Waals surface area contributed by atoms with Gasteiger partial charge in [0.15, 0.2) is 5.13 Å². The number of nitrogen functional groups attached to an aromatic ring is 1. The van der Waals surface area contributed by atoms with Gasteiger partial charge in [-0.05, 0) is 42.0 Å². The van der Waals surface area contributed by atoms with Crippen molar-refractivity contribution < 1.29 is 9.53 Å². The lowest BCUT2D eigenvalue weighted by Gasteiger charge is -2.16. The number of carbonyl (C=O) groups excluding carboxylic acids is 1. The Hall–Kier alpha value is -3.29. The number of anilines is 2. The zero-order valence-corrected chi connectivity index (χ0v) is 18.5. The summed E-state index contributed by atoms with van der Waals surface area (Å²) < 4.78 is 5.43. The largest absolute Gasteiger partial charge is 0.496 e. The van der Waals surface area contributed by atoms with Crippen molar-refractivity contribution in [1.29, 1.82) is 0 Å². The molecule has 1 unspecified atom stereocenters. The van der Waals surface area contributed by atoms with E-state index in [-0.39, 0.29) is 5.91 Å². The van der Waals surface area contributed by atoms with Crippen molar-refractivity contribution in [3.63, 3.8) is 0 Å². The fourth-order valence-corrected chi connectivity index (χ4v) is 4.80. The van der Waals surface area contributed by atoms with Crippen molar-refractivity contribution >= 4 is 39.8 Å². The maximum Gasteiger partial charge on any atom is 0.244 e. The number of hydrogen-bond acceptors (Lipinski definition) is 6. The Labute approximate surface area is 189 Å². The third-order valence-corrected chi connectivity index (χ3v) is 6.62. The standard InChI is InChI=1S/C24H21N3O2S2/c1-29-21-10-6-5-9-19(21)20-15-30-24(26-20)27-23(28)22(16-7-3-2-4-8-16)31-18-13-11-17(25)12-14-18/h2-15,22H,25H2,1H3,(H,26,27,28). The van der Waals surface area contributed by atoms with Gasteiger partial charge in [-0.2, -0.15) is 0 Å². The molecule has 31 heavy (non-hydrogen) atoms. The number of thiazole rings is 1. The number of aromatic nitrogens is 1. The molecule has 0 aliphatic rings. The fourth-order valence-electron chi connectivity index (χ4n) is 3.07. The van der Waals surface area contributed by atoms with E-state index in [0.29, 0.717) is 10.8 Å². The second-order valence-electron chi connectivity index (χ2n) is 6.71. The number of hydrogen-bond donors (Lipinski definition) is 2. The Morgan fingerprint density at radius 1 is 1.03 bits per heavy atom. The summed E-state index contributed by atoms with van der Waals surface area (Å²) in [4.78, 5) is 18.8. The molecule has 0 saturated carbocycles. The molecule has 1 amide bonds. The van der Waals surface area contributed by atoms with Gasteiger partial charge in [0.25, 0.3) is 0 Å². The van der Waals surface area contributed by atoms with E-state index in [2.05, 4.69) is 10.3 Å². The molecule has 0 spiro atoms. The smallest absolute Gasteiger partial charge is 0.244 e. The minimum atomic E-state index is -0.427. The SMILES string of the molecule is COc1ccccc1-c1csc(NC(=O)C(Sc2ccc(N)cc2)c2ccccc2)n1. The lowest BCUT2D eigenvalue weighted by molar-refractivity contribution is -0.115. The summed E-state index contributed by atoms with van der Waals surface area (Å²) in [5.41, 5.74) is 9.06. The molecule has 0 aliphatic heterocycles. The molecule has 1 heterocycles. The minimum Gasteiger partial charge on any atom is -0.496 e. The molecule has 4 aromatic rings. The third kappa shape index (κ3) is 5.07. The highest BCUT2D eigenvalue weighted by molar-refractivity contribution is 8.00. The number of nitrogens with two attached hydrogens (primary N) is 1. The van der Waals surface area contributed by atoms with Crippen LogP contribution in [0.15, 0.2) is 89.1 Å². The summed E-state index contributed by atoms with van der Waals surface area (Å²) in [6, 6.07) is 24.9. The topological polar surface area (TPSA) is 77.2 Å². The Kier molecular flexibility index (Phi) is 6.54. The number of amides is 1. The summed E-state index contributed by atoms with van der Waals surface area (Å²) in [7, 11) is 1.63. The second kappa shape index (κ2) is 9.68. The van der Waals surface area contributed by atoms with Crippen molar-refractivity contribution in [2.75, 3.05) is 18.2 Å². The van der Waals surface area contributed by atoms with Gasteiger partial charge < -0.3 is 15.8 Å². The van der Waals surface area contributed by atoms with E-state index in [1.54, 1.807) is 7.11 Å². The van der Waals surface area contributed by atoms with E-state index in [0.717, 1.165) is 27.5 Å². The molecule has 3 aromatic carbocycles. The number of benzene rings is 3. The first kappa shape index (κ1) is 21.0. The molecule has 1 atom stereocenters. The molecule has 0 saturated heterocycles. The Morgan fingerprint density at radius 2 is 1.74 bits per heavy atom. The van der Waals surface area contributed by atoms with Gasteiger partial charge in [-0.3, -0.25) is 4.79 Å². The molecular weight excluding hydrogens is 426 g/mol. The first-order valence-corrected chi connectivity index (χ1v) is 11.4. The summed E-state index contributed by atoms with van der Waals surface area (Å²) >= 11 is 2.86. The molecule has 0 radical (unpaired) electrons. The van der Waals surface area contributed by atoms with Crippen LogP contribution in [0.1, 0.15) is 10.8 Å². The van der Waals surface area contributed by atoms with Crippen LogP contribution < -0.4 is 15.8 Å². The van der Waals surface area contributed by atoms with Gasteiger partial charge in [0.2, 0.25) is 5.91 Å². The summed E-state index contributed by atoms with van der Waals surface area (Å²) in [6.07, 6.45) is 0. The molecule has 0 bridgehead atoms. The Balaban J connectivity index is 1.56. The van der Waals surface area contributed by atoms with Crippen LogP contribution in [-0.2, 0) is 4.79 Å². The van der Waals surface area contributed by atoms with Crippen molar-refractivity contribution in [2.45, 2.75) is 10.1 Å². The van der Waals surface area contributed by atoms with Crippen LogP contribution in [0, 0.1) is 0 Å². The monoisotopic (exact) mass is 447 g/mol. The van der Waals surface area contributed by atoms with Crippen LogP contribution in [0.5, 0.6) is 5.75 Å². The molecule has 5 nitrogen and oxygen atoms in total. The first-order chi connectivity index (χ1) is 15.1. The van der Waals surface area contributed by atoms with E-state index in [4.69, 9.17) is 10.5 Å². The minimum absolute atomic E-state index is 0.131. The molecule has 156 valence electrons. The predicted molar refractivity (Wildman–Crippen MR) is 129 cm³/mol. The molecule has 7 heteroatoms. The van der Waals surface area contributed by atoms with Gasteiger partial charge in [0, 0.05) is 21.5 Å². The fraction of sp³-hybridized carbons (Fsp3) is 0.0833. The number of nitrogens with one attached hydrogen (secondary N) is 1. The van der Waals surface area contributed by atoms with Crippen molar-refractivity contribution in [2.24, 2.45) is 0 Å². The lowest BCUT2D eigenvalue weighted by Crippen LogP contribution is -2.18. The van der Waals surface area contributed by atoms with Crippen LogP contribution >= 0.6 is 23.1 Å². The van der Waals surface area contributed by atoms with Crippen LogP contribution in [0.2, 0.25) is 0 Å². The lowest BCUT2D eigenvalue weighted by atomic mass is 10.1. The van der Waals surface area contributed by atoms with Crippen molar-refractivity contribution in [3.8, 4) is 17.0 Å². The molecular formula is C24H21N3O2S2. The highest BCUT2D eigenvalue weighted by atomic mass is 32.2. The van der Waals surface area contributed by atoms with E-state index >= 15 is 0 Å². The highest BCUT2D eigenvalue weighted by Gasteiger charge is 2.23. The average molecular weight is 448 g/mol. The van der Waals surface area contributed by atoms with Crippen molar-refractivity contribution in [3.05, 3.63) is 89.8 Å². The molecule has 4 rings (SSSR count). The zero-order valence-electron chi connectivity index (χ0n) is 16.8. The molecule has 3 N–H and O–H groups in total. The molecule has 1 aromatic heterocycles. The van der Waals surface area contributed by atoms with E-state index in [9.17, 15) is 4.79 Å². The first-order valence-electron chi connectivity index (χ1n) is 9.61. The quantitative estimate of drug-likeness (QED) is 0.274. The maximum atomic E-state index is 13.2. The Morgan fingerprint density at radius 3 is 2.48 bits per heavy atom. The van der Waals surface area contributed by atoms with E-state index in [1.807, 2.05) is 84.2 Å². The van der Waals surface area contributed by atoms with Gasteiger partial charge in [0.05, 0.1) is 12.8 Å². The number of para-hydroxylation sites is 1. The second-order valence-corrected chi connectivity index (χ2v) is 8.74. The van der Waals surface area contributed by atoms with Crippen LogP contribution in [0.4, 0.5) is 10.8 Å². The molecule has 0 fully saturated rings. The van der Waals surface area contributed by atoms with Crippen molar-refractivity contribution in [1.82, 2.24) is 4.98 Å². The maximum absolute atomic E-state index is 13.2. The number of nitrogens with zero attached hydrogens (tertiary/aromatic N) is 1. The number of ether oxygens (including phenoxy) is 1. The number of methoxy groups -OCH3 is 1.